The summed E-state index contributed by atoms with van der Waals surface area (Å²) in [4.78, 5) is 2.97. The van der Waals surface area contributed by atoms with Crippen molar-refractivity contribution in [2.75, 3.05) is 18.1 Å². The van der Waals surface area contributed by atoms with Crippen LogP contribution in [0.15, 0.2) is 24.3 Å². The van der Waals surface area contributed by atoms with Gasteiger partial charge in [0.15, 0.2) is 0 Å². The van der Waals surface area contributed by atoms with Gasteiger partial charge in [-0.25, -0.2) is 0 Å². The van der Waals surface area contributed by atoms with Gasteiger partial charge in [-0.15, -0.1) is 23.5 Å². The Balaban J connectivity index is 1.58. The Hall–Kier alpha value is -0.120. The van der Waals surface area contributed by atoms with Crippen LogP contribution in [-0.4, -0.2) is 33.1 Å². The van der Waals surface area contributed by atoms with Gasteiger partial charge in [-0.3, -0.25) is 4.90 Å². The molecule has 1 saturated carbocycles. The predicted molar refractivity (Wildman–Crippen MR) is 107 cm³/mol. The minimum atomic E-state index is 0.516. The lowest BCUT2D eigenvalue weighted by Crippen LogP contribution is -2.58. The maximum atomic E-state index is 2.97. The van der Waals surface area contributed by atoms with E-state index in [2.05, 4.69) is 52.7 Å². The molecule has 1 aliphatic carbocycles. The normalized spacial score (nSPS) is 35.6. The molecule has 3 fully saturated rings. The summed E-state index contributed by atoms with van der Waals surface area (Å²) in [6.07, 6.45) is 11.3. The number of aryl methyl sites for hydroxylation is 1. The maximum absolute atomic E-state index is 2.97. The molecule has 1 aromatic rings. The zero-order valence-electron chi connectivity index (χ0n) is 14.6. The number of benzene rings is 1. The highest BCUT2D eigenvalue weighted by molar-refractivity contribution is 8.18. The molecule has 4 aliphatic rings. The smallest absolute Gasteiger partial charge is 0.0672 e. The summed E-state index contributed by atoms with van der Waals surface area (Å²) in [5.41, 5.74) is 3.31. The van der Waals surface area contributed by atoms with Gasteiger partial charge in [-0.1, -0.05) is 37.1 Å². The summed E-state index contributed by atoms with van der Waals surface area (Å²) in [6.45, 7) is 1.33. The van der Waals surface area contributed by atoms with Crippen molar-refractivity contribution in [3.8, 4) is 0 Å². The molecule has 1 nitrogen and oxygen atoms in total. The van der Waals surface area contributed by atoms with E-state index >= 15 is 0 Å². The van der Waals surface area contributed by atoms with Crippen molar-refractivity contribution in [3.63, 3.8) is 0 Å². The molecule has 0 radical (unpaired) electrons. The molecule has 0 amide bonds. The summed E-state index contributed by atoms with van der Waals surface area (Å²) in [7, 11) is 0. The monoisotopic (exact) mass is 359 g/mol. The van der Waals surface area contributed by atoms with Crippen molar-refractivity contribution in [1.29, 1.82) is 0 Å². The van der Waals surface area contributed by atoms with Gasteiger partial charge in [0, 0.05) is 12.1 Å². The Morgan fingerprint density at radius 3 is 2.71 bits per heavy atom. The van der Waals surface area contributed by atoms with Gasteiger partial charge < -0.3 is 0 Å². The SMILES string of the molecule is c1ccc2c(c1)CCCN1C2CC2(SCCCS2)C2CCCCC21. The van der Waals surface area contributed by atoms with E-state index in [0.717, 1.165) is 12.0 Å². The molecule has 130 valence electrons. The van der Waals surface area contributed by atoms with Gasteiger partial charge >= 0.3 is 0 Å². The number of thioether (sulfide) groups is 2. The zero-order chi connectivity index (χ0) is 16.0. The highest BCUT2D eigenvalue weighted by Gasteiger charge is 2.54. The van der Waals surface area contributed by atoms with Crippen LogP contribution in [0.25, 0.3) is 0 Å². The second-order valence-electron chi connectivity index (χ2n) is 8.08. The lowest BCUT2D eigenvalue weighted by molar-refractivity contribution is 0.0129. The summed E-state index contributed by atoms with van der Waals surface area (Å²) in [6, 6.07) is 10.9. The molecule has 0 bridgehead atoms. The van der Waals surface area contributed by atoms with Crippen LogP contribution in [-0.2, 0) is 6.42 Å². The minimum absolute atomic E-state index is 0.516. The first kappa shape index (κ1) is 16.1. The summed E-state index contributed by atoms with van der Waals surface area (Å²) in [5, 5.41) is 0. The van der Waals surface area contributed by atoms with E-state index in [1.807, 2.05) is 0 Å². The van der Waals surface area contributed by atoms with E-state index in [0.29, 0.717) is 10.1 Å². The van der Waals surface area contributed by atoms with Crippen molar-refractivity contribution >= 4 is 23.5 Å². The fourth-order valence-corrected chi connectivity index (χ4v) is 9.68. The number of piperidine rings is 1. The van der Waals surface area contributed by atoms with Crippen LogP contribution >= 0.6 is 23.5 Å². The van der Waals surface area contributed by atoms with E-state index in [1.165, 1.54) is 69.4 Å². The zero-order valence-corrected chi connectivity index (χ0v) is 16.2. The molecular formula is C21H29NS2. The van der Waals surface area contributed by atoms with Crippen LogP contribution in [0.5, 0.6) is 0 Å². The van der Waals surface area contributed by atoms with Crippen LogP contribution in [0, 0.1) is 5.92 Å². The van der Waals surface area contributed by atoms with Crippen LogP contribution in [0.1, 0.15) is 62.1 Å². The first-order valence-electron chi connectivity index (χ1n) is 9.99. The third-order valence-electron chi connectivity index (χ3n) is 6.86. The number of hydrogen-bond donors (Lipinski definition) is 0. The molecule has 5 rings (SSSR count). The molecule has 1 aromatic carbocycles. The van der Waals surface area contributed by atoms with E-state index < -0.39 is 0 Å². The second kappa shape index (κ2) is 6.55. The fourth-order valence-electron chi connectivity index (χ4n) is 5.86. The number of nitrogens with zero attached hydrogens (tertiary/aromatic N) is 1. The average Bonchev–Trinajstić information content (AvgIpc) is 2.83. The molecule has 0 N–H and O–H groups in total. The topological polar surface area (TPSA) is 3.24 Å². The summed E-state index contributed by atoms with van der Waals surface area (Å²) in [5.74, 6) is 3.72. The average molecular weight is 360 g/mol. The quantitative estimate of drug-likeness (QED) is 0.602. The van der Waals surface area contributed by atoms with Crippen LogP contribution in [0.4, 0.5) is 0 Å². The molecule has 2 saturated heterocycles. The van der Waals surface area contributed by atoms with Gasteiger partial charge in [0.2, 0.25) is 0 Å². The molecule has 3 heteroatoms. The highest BCUT2D eigenvalue weighted by atomic mass is 32.2. The van der Waals surface area contributed by atoms with Crippen molar-refractivity contribution in [1.82, 2.24) is 4.90 Å². The van der Waals surface area contributed by atoms with Crippen LogP contribution < -0.4 is 0 Å². The van der Waals surface area contributed by atoms with Crippen LogP contribution in [0.3, 0.4) is 0 Å². The van der Waals surface area contributed by atoms with Gasteiger partial charge in [-0.05, 0) is 73.6 Å². The van der Waals surface area contributed by atoms with Gasteiger partial charge in [0.1, 0.15) is 0 Å². The summed E-state index contributed by atoms with van der Waals surface area (Å²) < 4.78 is 0.516. The van der Waals surface area contributed by atoms with Crippen molar-refractivity contribution in [2.45, 2.75) is 67.5 Å². The Labute approximate surface area is 155 Å². The Kier molecular flexibility index (Phi) is 4.39. The Morgan fingerprint density at radius 1 is 0.958 bits per heavy atom. The van der Waals surface area contributed by atoms with E-state index in [-0.39, 0.29) is 0 Å². The first-order valence-corrected chi connectivity index (χ1v) is 12.0. The van der Waals surface area contributed by atoms with Gasteiger partial charge in [0.05, 0.1) is 4.08 Å². The van der Waals surface area contributed by atoms with Crippen molar-refractivity contribution in [3.05, 3.63) is 35.4 Å². The second-order valence-corrected chi connectivity index (χ2v) is 11.2. The van der Waals surface area contributed by atoms with Crippen LogP contribution in [0.2, 0.25) is 0 Å². The lowest BCUT2D eigenvalue weighted by Gasteiger charge is -2.58. The largest absolute Gasteiger partial charge is 0.293 e. The fraction of sp³-hybridized carbons (Fsp3) is 0.714. The number of hydrogen-bond acceptors (Lipinski definition) is 3. The minimum Gasteiger partial charge on any atom is -0.293 e. The first-order chi connectivity index (χ1) is 11.9. The standard InChI is InChI=1S/C21H29NS2/c1-2-9-17-16(7-1)8-5-12-22-19-11-4-3-10-18(19)21(15-20(17)22)23-13-6-14-24-21/h1-2,7,9,18-20H,3-6,8,10-15H2. The molecule has 3 aliphatic heterocycles. The predicted octanol–water partition coefficient (Wildman–Crippen LogP) is 5.50. The van der Waals surface area contributed by atoms with Gasteiger partial charge in [-0.2, -0.15) is 0 Å². The van der Waals surface area contributed by atoms with Gasteiger partial charge in [0.25, 0.3) is 0 Å². The lowest BCUT2D eigenvalue weighted by atomic mass is 9.74. The Bertz CT molecular complexity index is 595. The van der Waals surface area contributed by atoms with E-state index in [1.54, 1.807) is 11.1 Å². The third-order valence-corrected chi connectivity index (χ3v) is 10.5. The molecule has 3 atom stereocenters. The molecule has 1 spiro atoms. The number of fused-ring (bicyclic) bond motifs is 6. The van der Waals surface area contributed by atoms with E-state index in [9.17, 15) is 0 Å². The molecule has 24 heavy (non-hydrogen) atoms. The maximum Gasteiger partial charge on any atom is 0.0672 e. The summed E-state index contributed by atoms with van der Waals surface area (Å²) >= 11 is 4.69. The van der Waals surface area contributed by atoms with Crippen molar-refractivity contribution in [2.24, 2.45) is 5.92 Å². The van der Waals surface area contributed by atoms with Crippen molar-refractivity contribution < 1.29 is 0 Å². The highest BCUT2D eigenvalue weighted by Crippen LogP contribution is 2.61. The number of rotatable bonds is 0. The Morgan fingerprint density at radius 2 is 1.79 bits per heavy atom. The molecule has 0 aromatic heterocycles. The molecule has 3 unspecified atom stereocenters. The molecule has 3 heterocycles. The molecular weight excluding hydrogens is 330 g/mol. The third kappa shape index (κ3) is 2.57. The van der Waals surface area contributed by atoms with E-state index in [4.69, 9.17) is 0 Å².